The van der Waals surface area contributed by atoms with Gasteiger partial charge in [0, 0.05) is 11.9 Å². The van der Waals surface area contributed by atoms with Crippen LogP contribution in [0.15, 0.2) is 0 Å². The van der Waals surface area contributed by atoms with Crippen molar-refractivity contribution in [3.8, 4) is 16.5 Å². The van der Waals surface area contributed by atoms with Gasteiger partial charge in [-0.25, -0.2) is 9.67 Å². The van der Waals surface area contributed by atoms with Crippen molar-refractivity contribution in [2.75, 3.05) is 7.11 Å². The molecule has 1 aliphatic rings. The Morgan fingerprint density at radius 2 is 2.29 bits per heavy atom. The van der Waals surface area contributed by atoms with Gasteiger partial charge in [-0.2, -0.15) is 5.10 Å². The van der Waals surface area contributed by atoms with Gasteiger partial charge < -0.3 is 9.84 Å². The van der Waals surface area contributed by atoms with Gasteiger partial charge in [0.1, 0.15) is 5.01 Å². The predicted octanol–water partition coefficient (Wildman–Crippen LogP) is 2.37. The molecule has 0 amide bonds. The summed E-state index contributed by atoms with van der Waals surface area (Å²) in [4.78, 5) is 17.1. The maximum Gasteiger partial charge on any atom is 0.312 e. The second-order valence-electron chi connectivity index (χ2n) is 5.20. The molecule has 1 N–H and O–H groups in total. The van der Waals surface area contributed by atoms with Crippen molar-refractivity contribution in [1.82, 2.24) is 14.8 Å². The number of thiazole rings is 1. The summed E-state index contributed by atoms with van der Waals surface area (Å²) in [6, 6.07) is 0. The first kappa shape index (κ1) is 14.1. The average molecular weight is 307 g/mol. The van der Waals surface area contributed by atoms with Crippen LogP contribution in [0.1, 0.15) is 35.0 Å². The minimum absolute atomic E-state index is 0.485. The highest BCUT2D eigenvalue weighted by Crippen LogP contribution is 2.41. The van der Waals surface area contributed by atoms with Crippen LogP contribution in [0.5, 0.6) is 5.88 Å². The van der Waals surface area contributed by atoms with Gasteiger partial charge in [0.25, 0.3) is 0 Å². The van der Waals surface area contributed by atoms with E-state index < -0.39 is 11.9 Å². The lowest BCUT2D eigenvalue weighted by molar-refractivity contribution is -0.139. The average Bonchev–Trinajstić information content (AvgIpc) is 2.97. The largest absolute Gasteiger partial charge is 0.481 e. The highest BCUT2D eigenvalue weighted by atomic mass is 32.1. The van der Waals surface area contributed by atoms with Crippen molar-refractivity contribution in [3.05, 3.63) is 16.3 Å². The maximum absolute atomic E-state index is 11.4. The van der Waals surface area contributed by atoms with Crippen LogP contribution in [0.2, 0.25) is 0 Å². The maximum atomic E-state index is 11.4. The van der Waals surface area contributed by atoms with E-state index in [1.807, 2.05) is 14.0 Å². The summed E-state index contributed by atoms with van der Waals surface area (Å²) in [5, 5.41) is 14.5. The first-order valence-electron chi connectivity index (χ1n) is 6.83. The van der Waals surface area contributed by atoms with Crippen LogP contribution in [0.4, 0.5) is 0 Å². The molecule has 2 aromatic heterocycles. The molecule has 0 spiro atoms. The van der Waals surface area contributed by atoms with E-state index in [1.54, 1.807) is 23.1 Å². The number of carboxylic acids is 1. The second-order valence-corrected chi connectivity index (χ2v) is 6.29. The van der Waals surface area contributed by atoms with Crippen molar-refractivity contribution >= 4 is 17.3 Å². The van der Waals surface area contributed by atoms with Crippen LogP contribution >= 0.6 is 11.3 Å². The lowest BCUT2D eigenvalue weighted by Gasteiger charge is -2.16. The predicted molar refractivity (Wildman–Crippen MR) is 78.9 cm³/mol. The lowest BCUT2D eigenvalue weighted by Crippen LogP contribution is -2.17. The number of nitrogens with zero attached hydrogens (tertiary/aromatic N) is 3. The van der Waals surface area contributed by atoms with E-state index in [2.05, 4.69) is 10.1 Å². The summed E-state index contributed by atoms with van der Waals surface area (Å²) >= 11 is 1.56. The van der Waals surface area contributed by atoms with Gasteiger partial charge in [0.15, 0.2) is 0 Å². The minimum Gasteiger partial charge on any atom is -0.481 e. The summed E-state index contributed by atoms with van der Waals surface area (Å²) in [7, 11) is 3.43. The Bertz CT molecular complexity index is 705. The van der Waals surface area contributed by atoms with Crippen LogP contribution in [0.3, 0.4) is 0 Å². The van der Waals surface area contributed by atoms with Crippen molar-refractivity contribution in [3.63, 3.8) is 0 Å². The molecule has 0 fully saturated rings. The number of aromatic nitrogens is 3. The summed E-state index contributed by atoms with van der Waals surface area (Å²) < 4.78 is 7.09. The van der Waals surface area contributed by atoms with E-state index in [4.69, 9.17) is 4.74 Å². The molecule has 0 saturated heterocycles. The zero-order chi connectivity index (χ0) is 15.1. The van der Waals surface area contributed by atoms with Crippen molar-refractivity contribution in [2.24, 2.45) is 7.05 Å². The molecule has 1 aliphatic carbocycles. The van der Waals surface area contributed by atoms with Crippen LogP contribution < -0.4 is 4.74 Å². The summed E-state index contributed by atoms with van der Waals surface area (Å²) in [6.45, 7) is 1.91. The van der Waals surface area contributed by atoms with Gasteiger partial charge in [0.05, 0.1) is 30.0 Å². The SMILES string of the molecule is COc1c(-c2nc3c(s2)CCCC3C(=O)O)c(C)nn1C. The monoisotopic (exact) mass is 307 g/mol. The molecule has 3 rings (SSSR count). The van der Waals surface area contributed by atoms with Crippen LogP contribution in [0, 0.1) is 6.92 Å². The molecule has 0 bridgehead atoms. The van der Waals surface area contributed by atoms with Gasteiger partial charge >= 0.3 is 5.97 Å². The van der Waals surface area contributed by atoms with Gasteiger partial charge in [-0.15, -0.1) is 11.3 Å². The van der Waals surface area contributed by atoms with Crippen LogP contribution in [-0.4, -0.2) is 33.0 Å². The fourth-order valence-electron chi connectivity index (χ4n) is 2.88. The summed E-state index contributed by atoms with van der Waals surface area (Å²) in [5.41, 5.74) is 2.43. The van der Waals surface area contributed by atoms with E-state index in [1.165, 1.54) is 0 Å². The van der Waals surface area contributed by atoms with Crippen LogP contribution in [0.25, 0.3) is 10.6 Å². The topological polar surface area (TPSA) is 77.2 Å². The minimum atomic E-state index is -0.789. The zero-order valence-electron chi connectivity index (χ0n) is 12.2. The fourth-order valence-corrected chi connectivity index (χ4v) is 4.14. The third kappa shape index (κ3) is 2.21. The molecule has 1 unspecified atom stereocenters. The number of fused-ring (bicyclic) bond motifs is 1. The molecule has 0 aromatic carbocycles. The van der Waals surface area contributed by atoms with E-state index in [0.717, 1.165) is 39.7 Å². The Morgan fingerprint density at radius 3 is 2.95 bits per heavy atom. The van der Waals surface area contributed by atoms with Crippen molar-refractivity contribution in [1.29, 1.82) is 0 Å². The molecule has 2 heterocycles. The fraction of sp³-hybridized carbons (Fsp3) is 0.500. The number of hydrogen-bond acceptors (Lipinski definition) is 5. The molecular formula is C14H17N3O3S. The Hall–Kier alpha value is -1.89. The van der Waals surface area contributed by atoms with Gasteiger partial charge in [-0.3, -0.25) is 4.79 Å². The van der Waals surface area contributed by atoms with E-state index >= 15 is 0 Å². The number of methoxy groups -OCH3 is 1. The number of carboxylic acid groups (broad SMARTS) is 1. The number of ether oxygens (including phenoxy) is 1. The molecule has 112 valence electrons. The number of carbonyl (C=O) groups is 1. The van der Waals surface area contributed by atoms with Gasteiger partial charge in [0.2, 0.25) is 5.88 Å². The molecule has 0 saturated carbocycles. The Kier molecular flexibility index (Phi) is 3.44. The first-order chi connectivity index (χ1) is 10.0. The third-order valence-electron chi connectivity index (χ3n) is 3.83. The Morgan fingerprint density at radius 1 is 1.52 bits per heavy atom. The molecule has 0 radical (unpaired) electrons. The molecule has 2 aromatic rings. The lowest BCUT2D eigenvalue weighted by atomic mass is 9.91. The van der Waals surface area contributed by atoms with Gasteiger partial charge in [-0.05, 0) is 26.2 Å². The summed E-state index contributed by atoms with van der Waals surface area (Å²) in [6.07, 6.45) is 2.46. The first-order valence-corrected chi connectivity index (χ1v) is 7.65. The number of aliphatic carboxylic acids is 1. The Balaban J connectivity index is 2.12. The smallest absolute Gasteiger partial charge is 0.312 e. The second kappa shape index (κ2) is 5.14. The molecule has 6 nitrogen and oxygen atoms in total. The van der Waals surface area contributed by atoms with Crippen molar-refractivity contribution in [2.45, 2.75) is 32.1 Å². The third-order valence-corrected chi connectivity index (χ3v) is 4.98. The number of rotatable bonds is 3. The molecule has 0 aliphatic heterocycles. The Labute approximate surface area is 126 Å². The number of aryl methyl sites for hydroxylation is 3. The highest BCUT2D eigenvalue weighted by Gasteiger charge is 2.31. The highest BCUT2D eigenvalue weighted by molar-refractivity contribution is 7.15. The van der Waals surface area contributed by atoms with Gasteiger partial charge in [-0.1, -0.05) is 0 Å². The van der Waals surface area contributed by atoms with Crippen molar-refractivity contribution < 1.29 is 14.6 Å². The van der Waals surface area contributed by atoms with Crippen LogP contribution in [-0.2, 0) is 18.3 Å². The summed E-state index contributed by atoms with van der Waals surface area (Å²) in [5.74, 6) is -0.616. The molecule has 21 heavy (non-hydrogen) atoms. The quantitative estimate of drug-likeness (QED) is 0.942. The number of hydrogen-bond donors (Lipinski definition) is 1. The van der Waals surface area contributed by atoms with E-state index in [9.17, 15) is 9.90 Å². The molecule has 7 heteroatoms. The standard InChI is InChI=1S/C14H17N3O3S/c1-7-10(13(20-3)17(2)16-7)12-15-11-8(14(18)19)5-4-6-9(11)21-12/h8H,4-6H2,1-3H3,(H,18,19). The normalized spacial score (nSPS) is 17.6. The molecular weight excluding hydrogens is 290 g/mol. The van der Waals surface area contributed by atoms with E-state index in [-0.39, 0.29) is 0 Å². The van der Waals surface area contributed by atoms with E-state index in [0.29, 0.717) is 12.3 Å². The zero-order valence-corrected chi connectivity index (χ0v) is 13.0. The molecule has 1 atom stereocenters.